The normalized spacial score (nSPS) is 12.2. The second kappa shape index (κ2) is 13.3. The summed E-state index contributed by atoms with van der Waals surface area (Å²) in [6.45, 7) is 7.26. The Hall–Kier alpha value is -3.17. The number of amides is 2. The maximum absolute atomic E-state index is 14.1. The smallest absolute Gasteiger partial charge is 0.244 e. The van der Waals surface area contributed by atoms with Crippen LogP contribution >= 0.6 is 15.9 Å². The molecule has 0 aliphatic carbocycles. The van der Waals surface area contributed by atoms with Crippen LogP contribution in [0.2, 0.25) is 0 Å². The molecule has 0 radical (unpaired) electrons. The number of sulfonamides is 1. The van der Waals surface area contributed by atoms with Gasteiger partial charge in [0.05, 0.1) is 11.9 Å². The Morgan fingerprint density at radius 3 is 2.15 bits per heavy atom. The van der Waals surface area contributed by atoms with Gasteiger partial charge in [-0.1, -0.05) is 64.5 Å². The third-order valence-electron chi connectivity index (χ3n) is 6.40. The van der Waals surface area contributed by atoms with Crippen LogP contribution < -0.4 is 9.62 Å². The molecular weight excluding hydrogens is 578 g/mol. The number of nitrogens with zero attached hydrogens (tertiary/aromatic N) is 2. The third-order valence-corrected chi connectivity index (χ3v) is 8.04. The lowest BCUT2D eigenvalue weighted by molar-refractivity contribution is -0.140. The van der Waals surface area contributed by atoms with Gasteiger partial charge >= 0.3 is 0 Å². The van der Waals surface area contributed by atoms with Crippen molar-refractivity contribution >= 4 is 43.5 Å². The number of benzene rings is 3. The van der Waals surface area contributed by atoms with Gasteiger partial charge in [0.25, 0.3) is 0 Å². The van der Waals surface area contributed by atoms with Crippen molar-refractivity contribution in [1.82, 2.24) is 10.2 Å². The molecule has 0 aliphatic heterocycles. The SMILES string of the molecule is Cc1ccc(N(CC(=O)N(Cc2cccc(Br)c2)[C@H](Cc2ccccc2)C(=O)NC(C)C)S(C)(=O)=O)cc1C. The molecule has 0 unspecified atom stereocenters. The fourth-order valence-electron chi connectivity index (χ4n) is 4.26. The first-order chi connectivity index (χ1) is 18.3. The van der Waals surface area contributed by atoms with Crippen LogP contribution in [0, 0.1) is 13.8 Å². The minimum Gasteiger partial charge on any atom is -0.352 e. The van der Waals surface area contributed by atoms with Crippen LogP contribution in [-0.2, 0) is 32.6 Å². The van der Waals surface area contributed by atoms with Gasteiger partial charge in [0, 0.05) is 23.5 Å². The first-order valence-electron chi connectivity index (χ1n) is 12.8. The molecule has 7 nitrogen and oxygen atoms in total. The molecule has 0 aromatic heterocycles. The van der Waals surface area contributed by atoms with Gasteiger partial charge in [0.2, 0.25) is 21.8 Å². The lowest BCUT2D eigenvalue weighted by Crippen LogP contribution is -2.54. The Balaban J connectivity index is 2.07. The molecule has 0 heterocycles. The van der Waals surface area contributed by atoms with Crippen LogP contribution in [0.5, 0.6) is 0 Å². The predicted molar refractivity (Wildman–Crippen MR) is 160 cm³/mol. The Kier molecular flexibility index (Phi) is 10.3. The van der Waals surface area contributed by atoms with E-state index in [4.69, 9.17) is 0 Å². The van der Waals surface area contributed by atoms with E-state index < -0.39 is 28.5 Å². The summed E-state index contributed by atoms with van der Waals surface area (Å²) in [6.07, 6.45) is 1.36. The summed E-state index contributed by atoms with van der Waals surface area (Å²) in [7, 11) is -3.80. The predicted octanol–water partition coefficient (Wildman–Crippen LogP) is 5.00. The number of carbonyl (C=O) groups excluding carboxylic acids is 2. The van der Waals surface area contributed by atoms with E-state index in [2.05, 4.69) is 21.2 Å². The van der Waals surface area contributed by atoms with Crippen LogP contribution in [-0.4, -0.2) is 50.0 Å². The molecule has 1 N–H and O–H groups in total. The largest absolute Gasteiger partial charge is 0.352 e. The summed E-state index contributed by atoms with van der Waals surface area (Å²) >= 11 is 3.48. The topological polar surface area (TPSA) is 86.8 Å². The highest BCUT2D eigenvalue weighted by atomic mass is 79.9. The summed E-state index contributed by atoms with van der Waals surface area (Å²) in [5.41, 5.74) is 4.04. The zero-order chi connectivity index (χ0) is 28.7. The van der Waals surface area contributed by atoms with E-state index in [1.165, 1.54) is 4.90 Å². The highest BCUT2D eigenvalue weighted by Crippen LogP contribution is 2.23. The molecule has 9 heteroatoms. The third kappa shape index (κ3) is 8.66. The molecule has 0 bridgehead atoms. The van der Waals surface area contributed by atoms with Crippen molar-refractivity contribution in [2.45, 2.75) is 52.7 Å². The van der Waals surface area contributed by atoms with Gasteiger partial charge in [-0.25, -0.2) is 8.42 Å². The molecular formula is C30H36BrN3O4S. The minimum atomic E-state index is -3.80. The maximum atomic E-state index is 14.1. The van der Waals surface area contributed by atoms with E-state index in [9.17, 15) is 18.0 Å². The zero-order valence-electron chi connectivity index (χ0n) is 23.0. The van der Waals surface area contributed by atoms with Crippen molar-refractivity contribution < 1.29 is 18.0 Å². The summed E-state index contributed by atoms with van der Waals surface area (Å²) in [5, 5.41) is 2.95. The molecule has 1 atom stereocenters. The summed E-state index contributed by atoms with van der Waals surface area (Å²) < 4.78 is 27.7. The number of rotatable bonds is 11. The number of aryl methyl sites for hydroxylation is 2. The van der Waals surface area contributed by atoms with Crippen LogP contribution in [0.1, 0.15) is 36.1 Å². The van der Waals surface area contributed by atoms with Gasteiger partial charge in [0.15, 0.2) is 0 Å². The number of halogens is 1. The van der Waals surface area contributed by atoms with Crippen molar-refractivity contribution in [3.05, 3.63) is 99.5 Å². The molecule has 208 valence electrons. The molecule has 0 fully saturated rings. The quantitative estimate of drug-likeness (QED) is 0.330. The molecule has 0 spiro atoms. The molecule has 3 aromatic carbocycles. The molecule has 2 amide bonds. The van der Waals surface area contributed by atoms with E-state index >= 15 is 0 Å². The van der Waals surface area contributed by atoms with E-state index in [1.807, 2.05) is 88.4 Å². The highest BCUT2D eigenvalue weighted by Gasteiger charge is 2.33. The minimum absolute atomic E-state index is 0.131. The number of hydrogen-bond acceptors (Lipinski definition) is 4. The first kappa shape index (κ1) is 30.4. The van der Waals surface area contributed by atoms with Gasteiger partial charge in [-0.05, 0) is 74.2 Å². The van der Waals surface area contributed by atoms with Crippen molar-refractivity contribution in [1.29, 1.82) is 0 Å². The Morgan fingerprint density at radius 1 is 0.897 bits per heavy atom. The molecule has 0 aliphatic rings. The lowest BCUT2D eigenvalue weighted by atomic mass is 10.0. The van der Waals surface area contributed by atoms with Gasteiger partial charge in [-0.3, -0.25) is 13.9 Å². The number of hydrogen-bond donors (Lipinski definition) is 1. The monoisotopic (exact) mass is 613 g/mol. The van der Waals surface area contributed by atoms with Crippen molar-refractivity contribution in [3.8, 4) is 0 Å². The summed E-state index contributed by atoms with van der Waals surface area (Å²) in [6, 6.07) is 21.3. The van der Waals surface area contributed by atoms with E-state index in [-0.39, 0.29) is 24.9 Å². The molecule has 0 saturated carbocycles. The zero-order valence-corrected chi connectivity index (χ0v) is 25.4. The Bertz CT molecular complexity index is 1410. The number of nitrogens with one attached hydrogen (secondary N) is 1. The second-order valence-electron chi connectivity index (χ2n) is 10.1. The standard InChI is InChI=1S/C30H36BrN3O4S/c1-21(2)32-30(36)28(18-24-10-7-6-8-11-24)33(19-25-12-9-13-26(31)17-25)29(35)20-34(39(5,37)38)27-15-14-22(3)23(4)16-27/h6-17,21,28H,18-20H2,1-5H3,(H,32,36)/t28-/m1/s1. The van der Waals surface area contributed by atoms with Crippen molar-refractivity contribution in [2.75, 3.05) is 17.1 Å². The van der Waals surface area contributed by atoms with Gasteiger partial charge < -0.3 is 10.2 Å². The highest BCUT2D eigenvalue weighted by molar-refractivity contribution is 9.10. The fourth-order valence-corrected chi connectivity index (χ4v) is 5.55. The molecule has 0 saturated heterocycles. The number of carbonyl (C=O) groups is 2. The fraction of sp³-hybridized carbons (Fsp3) is 0.333. The lowest BCUT2D eigenvalue weighted by Gasteiger charge is -2.34. The van der Waals surface area contributed by atoms with Crippen LogP contribution in [0.3, 0.4) is 0 Å². The van der Waals surface area contributed by atoms with E-state index in [1.54, 1.807) is 12.1 Å². The van der Waals surface area contributed by atoms with Crippen LogP contribution in [0.25, 0.3) is 0 Å². The molecule has 3 rings (SSSR count). The maximum Gasteiger partial charge on any atom is 0.244 e. The van der Waals surface area contributed by atoms with E-state index in [0.29, 0.717) is 5.69 Å². The van der Waals surface area contributed by atoms with Crippen molar-refractivity contribution in [3.63, 3.8) is 0 Å². The van der Waals surface area contributed by atoms with Gasteiger partial charge in [-0.15, -0.1) is 0 Å². The Labute approximate surface area is 240 Å². The van der Waals surface area contributed by atoms with Crippen LogP contribution in [0.4, 0.5) is 5.69 Å². The summed E-state index contributed by atoms with van der Waals surface area (Å²) in [4.78, 5) is 29.1. The first-order valence-corrected chi connectivity index (χ1v) is 15.4. The average molecular weight is 615 g/mol. The average Bonchev–Trinajstić information content (AvgIpc) is 2.86. The van der Waals surface area contributed by atoms with Crippen LogP contribution in [0.15, 0.2) is 77.3 Å². The van der Waals surface area contributed by atoms with E-state index in [0.717, 1.165) is 37.3 Å². The second-order valence-corrected chi connectivity index (χ2v) is 12.9. The summed E-state index contributed by atoms with van der Waals surface area (Å²) in [5.74, 6) is -0.771. The van der Waals surface area contributed by atoms with Gasteiger partial charge in [-0.2, -0.15) is 0 Å². The molecule has 39 heavy (non-hydrogen) atoms. The van der Waals surface area contributed by atoms with Crippen molar-refractivity contribution in [2.24, 2.45) is 0 Å². The Morgan fingerprint density at radius 2 is 1.56 bits per heavy atom. The molecule has 3 aromatic rings. The van der Waals surface area contributed by atoms with Gasteiger partial charge in [0.1, 0.15) is 12.6 Å². The number of anilines is 1.